The first-order chi connectivity index (χ1) is 13.2. The topological polar surface area (TPSA) is 82.2 Å². The average Bonchev–Trinajstić information content (AvgIpc) is 2.69. The molecule has 0 bridgehead atoms. The van der Waals surface area contributed by atoms with Crippen molar-refractivity contribution in [3.8, 4) is 6.07 Å². The number of allylic oxidation sites excluding steroid dienone is 2. The molecule has 5 nitrogen and oxygen atoms in total. The minimum Gasteiger partial charge on any atom is -0.401 e. The zero-order valence-corrected chi connectivity index (χ0v) is 15.6. The number of nitrogens with one attached hydrogen (secondary N) is 1. The molecule has 1 aliphatic heterocycles. The van der Waals surface area contributed by atoms with Gasteiger partial charge in [-0.25, -0.2) is 0 Å². The van der Waals surface area contributed by atoms with Crippen LogP contribution in [0, 0.1) is 11.3 Å². The molecule has 1 aromatic carbocycles. The molecule has 27 heavy (non-hydrogen) atoms. The number of amides is 1. The van der Waals surface area contributed by atoms with Crippen LogP contribution < -0.4 is 11.1 Å². The normalized spacial score (nSPS) is 17.7. The van der Waals surface area contributed by atoms with Crippen molar-refractivity contribution in [2.45, 2.75) is 25.7 Å². The molecule has 5 heteroatoms. The SMILES string of the molecule is N#CC1=CC(CN2CCC(C(=O)NCCc3ccccc3)=C(N)C2)=CCC1. The summed E-state index contributed by atoms with van der Waals surface area (Å²) in [5.74, 6) is -0.0494. The lowest BCUT2D eigenvalue weighted by Crippen LogP contribution is -2.39. The maximum absolute atomic E-state index is 12.5. The van der Waals surface area contributed by atoms with Crippen molar-refractivity contribution in [1.82, 2.24) is 10.2 Å². The maximum Gasteiger partial charge on any atom is 0.249 e. The van der Waals surface area contributed by atoms with Crippen LogP contribution >= 0.6 is 0 Å². The molecule has 0 atom stereocenters. The molecule has 140 valence electrons. The Kier molecular flexibility index (Phi) is 6.45. The van der Waals surface area contributed by atoms with Crippen LogP contribution in [0.3, 0.4) is 0 Å². The summed E-state index contributed by atoms with van der Waals surface area (Å²) in [7, 11) is 0. The number of carbonyl (C=O) groups is 1. The number of nitriles is 1. The molecule has 0 saturated carbocycles. The fourth-order valence-electron chi connectivity index (χ4n) is 3.54. The highest BCUT2D eigenvalue weighted by atomic mass is 16.1. The molecule has 1 aliphatic carbocycles. The molecule has 0 saturated heterocycles. The summed E-state index contributed by atoms with van der Waals surface area (Å²) >= 11 is 0. The van der Waals surface area contributed by atoms with E-state index in [-0.39, 0.29) is 5.91 Å². The third-order valence-electron chi connectivity index (χ3n) is 5.01. The van der Waals surface area contributed by atoms with Gasteiger partial charge >= 0.3 is 0 Å². The highest BCUT2D eigenvalue weighted by molar-refractivity contribution is 5.94. The van der Waals surface area contributed by atoms with Crippen molar-refractivity contribution < 1.29 is 4.79 Å². The standard InChI is InChI=1S/C22H26N4O/c23-14-18-7-4-8-19(13-18)15-26-12-10-20(21(24)16-26)22(27)25-11-9-17-5-2-1-3-6-17/h1-3,5-6,8,13H,4,7,9-12,15-16,24H2,(H,25,27). The van der Waals surface area contributed by atoms with Crippen molar-refractivity contribution in [2.24, 2.45) is 5.73 Å². The molecule has 1 heterocycles. The van der Waals surface area contributed by atoms with E-state index >= 15 is 0 Å². The lowest BCUT2D eigenvalue weighted by Gasteiger charge is -2.29. The van der Waals surface area contributed by atoms with E-state index in [1.165, 1.54) is 11.1 Å². The van der Waals surface area contributed by atoms with Gasteiger partial charge in [0.25, 0.3) is 0 Å². The number of nitrogens with two attached hydrogens (primary N) is 1. The van der Waals surface area contributed by atoms with E-state index in [1.54, 1.807) is 0 Å². The molecule has 0 unspecified atom stereocenters. The second-order valence-electron chi connectivity index (χ2n) is 7.06. The van der Waals surface area contributed by atoms with Gasteiger partial charge in [0.05, 0.1) is 6.07 Å². The Morgan fingerprint density at radius 3 is 2.81 bits per heavy atom. The van der Waals surface area contributed by atoms with E-state index in [0.717, 1.165) is 37.9 Å². The molecule has 3 N–H and O–H groups in total. The van der Waals surface area contributed by atoms with E-state index < -0.39 is 0 Å². The summed E-state index contributed by atoms with van der Waals surface area (Å²) in [6.07, 6.45) is 7.39. The van der Waals surface area contributed by atoms with Gasteiger partial charge in [0.2, 0.25) is 5.91 Å². The molecule has 0 aromatic heterocycles. The Balaban J connectivity index is 1.50. The van der Waals surface area contributed by atoms with Crippen LogP contribution in [0.15, 0.2) is 64.9 Å². The van der Waals surface area contributed by atoms with Crippen molar-refractivity contribution >= 4 is 5.91 Å². The molecular weight excluding hydrogens is 336 g/mol. The average molecular weight is 362 g/mol. The van der Waals surface area contributed by atoms with Crippen LogP contribution in [0.4, 0.5) is 0 Å². The Bertz CT molecular complexity index is 814. The van der Waals surface area contributed by atoms with Gasteiger partial charge in [-0.2, -0.15) is 5.26 Å². The summed E-state index contributed by atoms with van der Waals surface area (Å²) in [5, 5.41) is 12.1. The van der Waals surface area contributed by atoms with Gasteiger partial charge in [0.15, 0.2) is 0 Å². The second kappa shape index (κ2) is 9.20. The van der Waals surface area contributed by atoms with Crippen LogP contribution in [0.1, 0.15) is 24.8 Å². The fourth-order valence-corrected chi connectivity index (χ4v) is 3.54. The molecule has 0 radical (unpaired) electrons. The lowest BCUT2D eigenvalue weighted by molar-refractivity contribution is -0.117. The van der Waals surface area contributed by atoms with Crippen molar-refractivity contribution in [1.29, 1.82) is 5.26 Å². The van der Waals surface area contributed by atoms with Gasteiger partial charge in [-0.15, -0.1) is 0 Å². The van der Waals surface area contributed by atoms with Crippen molar-refractivity contribution in [3.05, 3.63) is 70.5 Å². The summed E-state index contributed by atoms with van der Waals surface area (Å²) in [6.45, 7) is 2.77. The first-order valence-electron chi connectivity index (χ1n) is 9.47. The van der Waals surface area contributed by atoms with Gasteiger partial charge in [-0.1, -0.05) is 36.4 Å². The number of hydrogen-bond acceptors (Lipinski definition) is 4. The molecule has 0 fully saturated rings. The fraction of sp³-hybridized carbons (Fsp3) is 0.364. The maximum atomic E-state index is 12.5. The van der Waals surface area contributed by atoms with Crippen LogP contribution in [0.2, 0.25) is 0 Å². The predicted octanol–water partition coefficient (Wildman–Crippen LogP) is 2.43. The minimum absolute atomic E-state index is 0.0494. The van der Waals surface area contributed by atoms with E-state index in [2.05, 4.69) is 34.5 Å². The van der Waals surface area contributed by atoms with Gasteiger partial charge in [-0.05, 0) is 42.9 Å². The summed E-state index contributed by atoms with van der Waals surface area (Å²) in [5.41, 5.74) is 10.8. The Morgan fingerprint density at radius 1 is 1.26 bits per heavy atom. The Morgan fingerprint density at radius 2 is 2.07 bits per heavy atom. The van der Waals surface area contributed by atoms with E-state index in [0.29, 0.717) is 30.8 Å². The first-order valence-corrected chi connectivity index (χ1v) is 9.47. The number of hydrogen-bond donors (Lipinski definition) is 2. The molecule has 3 rings (SSSR count). The van der Waals surface area contributed by atoms with Crippen LogP contribution in [-0.4, -0.2) is 37.0 Å². The number of nitrogens with zero attached hydrogens (tertiary/aromatic N) is 2. The molecular formula is C22H26N4O. The summed E-state index contributed by atoms with van der Waals surface area (Å²) in [4.78, 5) is 14.7. The predicted molar refractivity (Wildman–Crippen MR) is 106 cm³/mol. The van der Waals surface area contributed by atoms with Crippen LogP contribution in [0.25, 0.3) is 0 Å². The Hall–Kier alpha value is -2.84. The van der Waals surface area contributed by atoms with Crippen molar-refractivity contribution in [2.75, 3.05) is 26.2 Å². The number of carbonyl (C=O) groups excluding carboxylic acids is 1. The number of benzene rings is 1. The Labute approximate surface area is 160 Å². The first kappa shape index (κ1) is 18.9. The molecule has 2 aliphatic rings. The van der Waals surface area contributed by atoms with Crippen LogP contribution in [-0.2, 0) is 11.2 Å². The van der Waals surface area contributed by atoms with E-state index in [1.807, 2.05) is 24.3 Å². The van der Waals surface area contributed by atoms with E-state index in [9.17, 15) is 4.79 Å². The molecule has 0 spiro atoms. The third-order valence-corrected chi connectivity index (χ3v) is 5.01. The zero-order valence-electron chi connectivity index (χ0n) is 15.6. The smallest absolute Gasteiger partial charge is 0.249 e. The lowest BCUT2D eigenvalue weighted by atomic mass is 9.98. The zero-order chi connectivity index (χ0) is 19.1. The summed E-state index contributed by atoms with van der Waals surface area (Å²) < 4.78 is 0. The quantitative estimate of drug-likeness (QED) is 0.814. The van der Waals surface area contributed by atoms with Gasteiger partial charge in [0, 0.05) is 43.0 Å². The van der Waals surface area contributed by atoms with Gasteiger partial charge in [0.1, 0.15) is 0 Å². The van der Waals surface area contributed by atoms with Crippen LogP contribution in [0.5, 0.6) is 0 Å². The summed E-state index contributed by atoms with van der Waals surface area (Å²) in [6, 6.07) is 12.4. The number of rotatable bonds is 6. The molecule has 1 amide bonds. The largest absolute Gasteiger partial charge is 0.401 e. The monoisotopic (exact) mass is 362 g/mol. The third kappa shape index (κ3) is 5.32. The van der Waals surface area contributed by atoms with Gasteiger partial charge < -0.3 is 11.1 Å². The highest BCUT2D eigenvalue weighted by Crippen LogP contribution is 2.20. The molecule has 1 aromatic rings. The van der Waals surface area contributed by atoms with Gasteiger partial charge in [-0.3, -0.25) is 9.69 Å². The minimum atomic E-state index is -0.0494. The highest BCUT2D eigenvalue weighted by Gasteiger charge is 2.22. The second-order valence-corrected chi connectivity index (χ2v) is 7.06. The van der Waals surface area contributed by atoms with E-state index in [4.69, 9.17) is 11.0 Å². The van der Waals surface area contributed by atoms with Crippen molar-refractivity contribution in [3.63, 3.8) is 0 Å².